The zero-order chi connectivity index (χ0) is 43.2. The first-order valence-corrected chi connectivity index (χ1v) is 26.2. The van der Waals surface area contributed by atoms with E-state index in [0.717, 1.165) is 64.2 Å². The van der Waals surface area contributed by atoms with Crippen molar-refractivity contribution in [1.29, 1.82) is 0 Å². The number of phosphoric acid groups is 1. The molecule has 346 valence electrons. The zero-order valence-electron chi connectivity index (χ0n) is 38.5. The Bertz CT molecular complexity index is 1060. The molecule has 3 atom stereocenters. The van der Waals surface area contributed by atoms with Gasteiger partial charge >= 0.3 is 7.82 Å². The molecule has 0 spiro atoms. The highest BCUT2D eigenvalue weighted by Crippen LogP contribution is 2.43. The van der Waals surface area contributed by atoms with Crippen LogP contribution in [-0.4, -0.2) is 47.8 Å². The maximum absolute atomic E-state index is 12.8. The van der Waals surface area contributed by atoms with E-state index < -0.39 is 20.0 Å². The van der Waals surface area contributed by atoms with E-state index in [2.05, 4.69) is 67.8 Å². The van der Waals surface area contributed by atoms with E-state index in [9.17, 15) is 19.4 Å². The first kappa shape index (κ1) is 57.5. The highest BCUT2D eigenvalue weighted by atomic mass is 31.2. The van der Waals surface area contributed by atoms with Crippen molar-refractivity contribution in [2.24, 2.45) is 5.73 Å². The van der Waals surface area contributed by atoms with E-state index in [0.29, 0.717) is 12.8 Å². The molecule has 59 heavy (non-hydrogen) atoms. The van der Waals surface area contributed by atoms with Crippen LogP contribution in [0.1, 0.15) is 232 Å². The van der Waals surface area contributed by atoms with Gasteiger partial charge in [-0.1, -0.05) is 223 Å². The highest BCUT2D eigenvalue weighted by molar-refractivity contribution is 7.47. The van der Waals surface area contributed by atoms with Gasteiger partial charge in [-0.2, -0.15) is 0 Å². The molecule has 0 aromatic heterocycles. The van der Waals surface area contributed by atoms with Gasteiger partial charge in [0, 0.05) is 13.0 Å². The molecule has 1 amide bonds. The summed E-state index contributed by atoms with van der Waals surface area (Å²) in [6.45, 7) is 4.11. The number of phosphoric ester groups is 1. The van der Waals surface area contributed by atoms with Crippen molar-refractivity contribution in [2.75, 3.05) is 19.8 Å². The number of carbonyl (C=O) groups excluding carboxylic acids is 1. The quantitative estimate of drug-likeness (QED) is 0.0272. The summed E-state index contributed by atoms with van der Waals surface area (Å²) in [5.41, 5.74) is 5.40. The number of rotatable bonds is 46. The fourth-order valence-electron chi connectivity index (χ4n) is 7.25. The largest absolute Gasteiger partial charge is 0.472 e. The molecule has 0 aliphatic carbocycles. The van der Waals surface area contributed by atoms with Crippen molar-refractivity contribution in [3.05, 3.63) is 48.6 Å². The second-order valence-electron chi connectivity index (χ2n) is 16.6. The van der Waals surface area contributed by atoms with Crippen LogP contribution >= 0.6 is 7.82 Å². The van der Waals surface area contributed by atoms with Gasteiger partial charge < -0.3 is 21.1 Å². The number of allylic oxidation sites excluding steroid dienone is 8. The summed E-state index contributed by atoms with van der Waals surface area (Å²) in [5, 5.41) is 13.9. The second-order valence-corrected chi connectivity index (χ2v) is 18.1. The van der Waals surface area contributed by atoms with Gasteiger partial charge in [0.1, 0.15) is 0 Å². The Morgan fingerprint density at radius 2 is 0.983 bits per heavy atom. The number of aliphatic hydroxyl groups excluding tert-OH is 1. The van der Waals surface area contributed by atoms with Gasteiger partial charge in [0.05, 0.1) is 25.4 Å². The Hall–Kier alpha value is -1.54. The van der Waals surface area contributed by atoms with Crippen molar-refractivity contribution < 1.29 is 28.4 Å². The lowest BCUT2D eigenvalue weighted by Crippen LogP contribution is -2.46. The molecule has 9 heteroatoms. The zero-order valence-corrected chi connectivity index (χ0v) is 39.4. The highest BCUT2D eigenvalue weighted by Gasteiger charge is 2.27. The van der Waals surface area contributed by atoms with Crippen LogP contribution in [0.15, 0.2) is 48.6 Å². The number of nitrogens with two attached hydrogens (primary N) is 1. The molecule has 5 N–H and O–H groups in total. The third kappa shape index (κ3) is 44.3. The number of amides is 1. The molecule has 0 aromatic carbocycles. The third-order valence-corrected chi connectivity index (χ3v) is 11.9. The summed E-state index contributed by atoms with van der Waals surface area (Å²) in [7, 11) is -4.32. The van der Waals surface area contributed by atoms with Crippen LogP contribution in [0.2, 0.25) is 0 Å². The van der Waals surface area contributed by atoms with Gasteiger partial charge in [0.2, 0.25) is 5.91 Å². The molecular formula is C50H95N2O6P. The van der Waals surface area contributed by atoms with E-state index in [1.54, 1.807) is 0 Å². The molecule has 0 aliphatic heterocycles. The van der Waals surface area contributed by atoms with Gasteiger partial charge in [-0.25, -0.2) is 4.57 Å². The van der Waals surface area contributed by atoms with Crippen LogP contribution in [0.4, 0.5) is 0 Å². The van der Waals surface area contributed by atoms with Crippen molar-refractivity contribution in [1.82, 2.24) is 5.32 Å². The van der Waals surface area contributed by atoms with Gasteiger partial charge in [0.15, 0.2) is 0 Å². The number of hydrogen-bond donors (Lipinski definition) is 4. The first-order chi connectivity index (χ1) is 28.9. The minimum absolute atomic E-state index is 0.0871. The summed E-state index contributed by atoms with van der Waals surface area (Å²) in [5.74, 6) is -0.166. The SMILES string of the molecule is CC/C=C\C/C=C\C/C=C\C/C=C\CCCCCCCCCCCCC(=O)NC(COP(=O)(O)OCCN)C(O)CCCCCCCCCCCCCCCCCCC. The fourth-order valence-corrected chi connectivity index (χ4v) is 8.01. The van der Waals surface area contributed by atoms with Gasteiger partial charge in [-0.3, -0.25) is 13.8 Å². The lowest BCUT2D eigenvalue weighted by Gasteiger charge is -2.25. The van der Waals surface area contributed by atoms with E-state index in [4.69, 9.17) is 14.8 Å². The molecule has 0 saturated carbocycles. The molecule has 0 bridgehead atoms. The second kappa shape index (κ2) is 46.0. The summed E-state index contributed by atoms with van der Waals surface area (Å²) in [6, 6.07) is -0.778. The monoisotopic (exact) mass is 851 g/mol. The maximum Gasteiger partial charge on any atom is 0.472 e. The fraction of sp³-hybridized carbons (Fsp3) is 0.820. The van der Waals surface area contributed by atoms with E-state index >= 15 is 0 Å². The van der Waals surface area contributed by atoms with Crippen LogP contribution in [-0.2, 0) is 18.4 Å². The Balaban J connectivity index is 4.07. The lowest BCUT2D eigenvalue weighted by molar-refractivity contribution is -0.123. The average Bonchev–Trinajstić information content (AvgIpc) is 3.22. The van der Waals surface area contributed by atoms with Crippen LogP contribution in [0.3, 0.4) is 0 Å². The number of hydrogen-bond acceptors (Lipinski definition) is 6. The maximum atomic E-state index is 12.8. The van der Waals surface area contributed by atoms with Crippen molar-refractivity contribution in [3.63, 3.8) is 0 Å². The normalized spacial score (nSPS) is 14.3. The lowest BCUT2D eigenvalue weighted by atomic mass is 10.0. The van der Waals surface area contributed by atoms with E-state index in [1.165, 1.54) is 141 Å². The summed E-state index contributed by atoms with van der Waals surface area (Å²) < 4.78 is 22.3. The molecule has 0 aliphatic rings. The number of nitrogens with one attached hydrogen (secondary N) is 1. The van der Waals surface area contributed by atoms with E-state index in [1.807, 2.05) is 0 Å². The molecule has 0 radical (unpaired) electrons. The minimum Gasteiger partial charge on any atom is -0.391 e. The van der Waals surface area contributed by atoms with Gasteiger partial charge in [-0.15, -0.1) is 0 Å². The van der Waals surface area contributed by atoms with Crippen molar-refractivity contribution >= 4 is 13.7 Å². The predicted octanol–water partition coefficient (Wildman–Crippen LogP) is 14.5. The molecular weight excluding hydrogens is 756 g/mol. The van der Waals surface area contributed by atoms with Crippen LogP contribution in [0.5, 0.6) is 0 Å². The number of unbranched alkanes of at least 4 members (excludes halogenated alkanes) is 26. The Kier molecular flexibility index (Phi) is 44.8. The molecule has 3 unspecified atom stereocenters. The smallest absolute Gasteiger partial charge is 0.391 e. The molecule has 0 aromatic rings. The van der Waals surface area contributed by atoms with Crippen molar-refractivity contribution in [2.45, 2.75) is 244 Å². The molecule has 0 saturated heterocycles. The summed E-state index contributed by atoms with van der Waals surface area (Å²) in [4.78, 5) is 22.8. The molecule has 8 nitrogen and oxygen atoms in total. The topological polar surface area (TPSA) is 131 Å². The molecule has 0 heterocycles. The van der Waals surface area contributed by atoms with Crippen LogP contribution in [0, 0.1) is 0 Å². The first-order valence-electron chi connectivity index (χ1n) is 24.8. The standard InChI is InChI=1S/C50H95N2O6P/c1-3-5-7-9-11-13-15-17-19-21-22-23-24-25-26-28-30-32-34-36-38-40-42-44-50(54)52-48(47-58-59(55,56)57-46-45-51)49(53)43-41-39-37-35-33-31-29-27-20-18-16-14-12-10-8-6-4-2/h5,7,11,13,17,19,22-23,48-49,53H,3-4,6,8-10,12,14-16,18,20-21,24-47,51H2,1-2H3,(H,52,54)(H,55,56)/b7-5-,13-11-,19-17-,23-22-. The van der Waals surface area contributed by atoms with Crippen molar-refractivity contribution in [3.8, 4) is 0 Å². The predicted molar refractivity (Wildman–Crippen MR) is 254 cm³/mol. The van der Waals surface area contributed by atoms with E-state index in [-0.39, 0.29) is 25.7 Å². The van der Waals surface area contributed by atoms with Gasteiger partial charge in [0.25, 0.3) is 0 Å². The summed E-state index contributed by atoms with van der Waals surface area (Å²) in [6.07, 6.45) is 56.9. The molecule has 0 fully saturated rings. The minimum atomic E-state index is -4.32. The third-order valence-electron chi connectivity index (χ3n) is 10.9. The average molecular weight is 851 g/mol. The van der Waals surface area contributed by atoms with Crippen LogP contribution < -0.4 is 11.1 Å². The Morgan fingerprint density at radius 1 is 0.576 bits per heavy atom. The Morgan fingerprint density at radius 3 is 1.44 bits per heavy atom. The van der Waals surface area contributed by atoms with Crippen LogP contribution in [0.25, 0.3) is 0 Å². The number of carbonyl (C=O) groups is 1. The van der Waals surface area contributed by atoms with Gasteiger partial charge in [-0.05, 0) is 51.4 Å². The molecule has 0 rings (SSSR count). The summed E-state index contributed by atoms with van der Waals surface area (Å²) >= 11 is 0. The Labute approximate surface area is 364 Å². The number of aliphatic hydroxyl groups is 1.